The van der Waals surface area contributed by atoms with E-state index in [0.717, 1.165) is 18.2 Å². The zero-order valence-electron chi connectivity index (χ0n) is 17.9. The highest BCUT2D eigenvalue weighted by Gasteiger charge is 2.39. The number of amides is 2. The maximum atomic E-state index is 13.5. The van der Waals surface area contributed by atoms with Crippen LogP contribution in [0.3, 0.4) is 0 Å². The second-order valence-electron chi connectivity index (χ2n) is 8.11. The maximum Gasteiger partial charge on any atom is 0.243 e. The van der Waals surface area contributed by atoms with Gasteiger partial charge in [0.25, 0.3) is 0 Å². The molecule has 0 aromatic heterocycles. The van der Waals surface area contributed by atoms with Gasteiger partial charge in [-0.05, 0) is 42.3 Å². The van der Waals surface area contributed by atoms with Crippen LogP contribution in [0.15, 0.2) is 53.4 Å². The molecule has 0 saturated carbocycles. The third kappa shape index (κ3) is 4.40. The van der Waals surface area contributed by atoms with Gasteiger partial charge >= 0.3 is 0 Å². The van der Waals surface area contributed by atoms with Gasteiger partial charge in [-0.25, -0.2) is 12.8 Å². The van der Waals surface area contributed by atoms with Crippen molar-refractivity contribution in [1.82, 2.24) is 9.21 Å². The minimum absolute atomic E-state index is 0.0834. The summed E-state index contributed by atoms with van der Waals surface area (Å²) in [7, 11) is -3.82. The van der Waals surface area contributed by atoms with E-state index in [9.17, 15) is 22.4 Å². The van der Waals surface area contributed by atoms with Gasteiger partial charge in [0.2, 0.25) is 21.8 Å². The summed E-state index contributed by atoms with van der Waals surface area (Å²) in [6.07, 6.45) is 1.06. The van der Waals surface area contributed by atoms with Crippen LogP contribution in [0, 0.1) is 11.7 Å². The van der Waals surface area contributed by atoms with E-state index >= 15 is 0 Å². The van der Waals surface area contributed by atoms with Crippen LogP contribution in [-0.2, 0) is 26.0 Å². The van der Waals surface area contributed by atoms with E-state index in [1.54, 1.807) is 9.80 Å². The molecular formula is C23H26FN3O4S. The number of hydrogen-bond donors (Lipinski definition) is 0. The number of carbonyl (C=O) groups is 2. The molecule has 2 heterocycles. The summed E-state index contributed by atoms with van der Waals surface area (Å²) in [6.45, 7) is 3.13. The topological polar surface area (TPSA) is 78.0 Å². The summed E-state index contributed by atoms with van der Waals surface area (Å²) in [6, 6.07) is 12.7. The molecule has 2 aliphatic heterocycles. The molecule has 2 aliphatic rings. The zero-order valence-corrected chi connectivity index (χ0v) is 18.7. The van der Waals surface area contributed by atoms with Crippen molar-refractivity contribution in [2.75, 3.05) is 37.6 Å². The van der Waals surface area contributed by atoms with Crippen LogP contribution in [0.5, 0.6) is 0 Å². The van der Waals surface area contributed by atoms with E-state index in [1.807, 2.05) is 24.3 Å². The average molecular weight is 460 g/mol. The van der Waals surface area contributed by atoms with Gasteiger partial charge in [0.1, 0.15) is 5.82 Å². The molecule has 32 heavy (non-hydrogen) atoms. The first-order valence-electron chi connectivity index (χ1n) is 10.7. The second kappa shape index (κ2) is 8.99. The number of sulfonamides is 1. The van der Waals surface area contributed by atoms with Crippen molar-refractivity contribution in [2.45, 2.75) is 24.7 Å². The number of aryl methyl sites for hydroxylation is 1. The first-order valence-corrected chi connectivity index (χ1v) is 12.2. The Labute approximate surface area is 187 Å². The van der Waals surface area contributed by atoms with Gasteiger partial charge in [0.05, 0.1) is 10.8 Å². The van der Waals surface area contributed by atoms with Crippen molar-refractivity contribution < 1.29 is 22.4 Å². The van der Waals surface area contributed by atoms with Crippen molar-refractivity contribution in [3.63, 3.8) is 0 Å². The Bertz CT molecular complexity index is 1110. The van der Waals surface area contributed by atoms with Crippen LogP contribution >= 0.6 is 0 Å². The molecule has 0 unspecified atom stereocenters. The summed E-state index contributed by atoms with van der Waals surface area (Å²) < 4.78 is 40.3. The number of halogens is 1. The van der Waals surface area contributed by atoms with Gasteiger partial charge in [-0.3, -0.25) is 9.59 Å². The Hall–Kier alpha value is -2.78. The van der Waals surface area contributed by atoms with Crippen molar-refractivity contribution in [1.29, 1.82) is 0 Å². The number of piperazine rings is 1. The molecule has 170 valence electrons. The Kier molecular flexibility index (Phi) is 6.30. The Morgan fingerprint density at radius 1 is 1.06 bits per heavy atom. The molecule has 4 rings (SSSR count). The van der Waals surface area contributed by atoms with Gasteiger partial charge in [-0.2, -0.15) is 4.31 Å². The highest BCUT2D eigenvalue weighted by Crippen LogP contribution is 2.27. The molecule has 9 heteroatoms. The first kappa shape index (κ1) is 22.4. The first-order chi connectivity index (χ1) is 15.3. The maximum absolute atomic E-state index is 13.5. The van der Waals surface area contributed by atoms with Crippen molar-refractivity contribution in [3.8, 4) is 0 Å². The van der Waals surface area contributed by atoms with Crippen LogP contribution in [0.25, 0.3) is 0 Å². The van der Waals surface area contributed by atoms with Gasteiger partial charge in [0.15, 0.2) is 0 Å². The third-order valence-corrected chi connectivity index (χ3v) is 8.01. The number of anilines is 1. The predicted octanol–water partition coefficient (Wildman–Crippen LogP) is 2.27. The molecule has 2 fully saturated rings. The minimum Gasteiger partial charge on any atom is -0.340 e. The van der Waals surface area contributed by atoms with Gasteiger partial charge < -0.3 is 9.80 Å². The van der Waals surface area contributed by atoms with E-state index < -0.39 is 21.8 Å². The zero-order chi connectivity index (χ0) is 22.9. The fraction of sp³-hybridized carbons (Fsp3) is 0.391. The van der Waals surface area contributed by atoms with Crippen molar-refractivity contribution >= 4 is 27.5 Å². The van der Waals surface area contributed by atoms with Crippen LogP contribution in [0.4, 0.5) is 10.1 Å². The summed E-state index contributed by atoms with van der Waals surface area (Å²) in [4.78, 5) is 28.7. The molecule has 1 atom stereocenters. The standard InChI is InChI=1S/C23H26FN3O4S/c1-2-17-6-8-20(9-7-17)27-16-18(14-22(27)28)23(29)25-10-12-26(13-11-25)32(30,31)21-5-3-4-19(24)15-21/h3-9,15,18H,2,10-14,16H2,1H3/t18-/m1/s1. The van der Waals surface area contributed by atoms with Gasteiger partial charge in [-0.1, -0.05) is 25.1 Å². The fourth-order valence-electron chi connectivity index (χ4n) is 4.22. The lowest BCUT2D eigenvalue weighted by Crippen LogP contribution is -2.52. The molecule has 2 aromatic carbocycles. The van der Waals surface area contributed by atoms with E-state index in [4.69, 9.17) is 0 Å². The molecule has 0 spiro atoms. The number of carbonyl (C=O) groups excluding carboxylic acids is 2. The largest absolute Gasteiger partial charge is 0.340 e. The van der Waals surface area contributed by atoms with E-state index in [2.05, 4.69) is 6.92 Å². The van der Waals surface area contributed by atoms with E-state index in [1.165, 1.54) is 28.1 Å². The lowest BCUT2D eigenvalue weighted by Gasteiger charge is -2.35. The van der Waals surface area contributed by atoms with Crippen molar-refractivity contribution in [2.24, 2.45) is 5.92 Å². The number of hydrogen-bond acceptors (Lipinski definition) is 4. The van der Waals surface area contributed by atoms with Crippen LogP contribution < -0.4 is 4.90 Å². The Balaban J connectivity index is 1.38. The normalized spacial score (nSPS) is 20.1. The summed E-state index contributed by atoms with van der Waals surface area (Å²) >= 11 is 0. The van der Waals surface area contributed by atoms with Crippen LogP contribution in [0.1, 0.15) is 18.9 Å². The molecule has 0 bridgehead atoms. The third-order valence-electron chi connectivity index (χ3n) is 6.11. The smallest absolute Gasteiger partial charge is 0.243 e. The SMILES string of the molecule is CCc1ccc(N2C[C@H](C(=O)N3CCN(S(=O)(=O)c4cccc(F)c4)CC3)CC2=O)cc1. The second-order valence-corrected chi connectivity index (χ2v) is 10.1. The van der Waals surface area contributed by atoms with Crippen LogP contribution in [-0.4, -0.2) is 62.2 Å². The molecule has 7 nitrogen and oxygen atoms in total. The van der Waals surface area contributed by atoms with Crippen molar-refractivity contribution in [3.05, 3.63) is 59.9 Å². The Morgan fingerprint density at radius 3 is 2.38 bits per heavy atom. The lowest BCUT2D eigenvalue weighted by molar-refractivity contribution is -0.136. The highest BCUT2D eigenvalue weighted by atomic mass is 32.2. The monoisotopic (exact) mass is 459 g/mol. The van der Waals surface area contributed by atoms with E-state index in [-0.39, 0.29) is 49.3 Å². The Morgan fingerprint density at radius 2 is 1.75 bits per heavy atom. The molecule has 0 aliphatic carbocycles. The average Bonchev–Trinajstić information content (AvgIpc) is 3.20. The predicted molar refractivity (Wildman–Crippen MR) is 118 cm³/mol. The molecule has 2 amide bonds. The number of nitrogens with zero attached hydrogens (tertiary/aromatic N) is 3. The molecular weight excluding hydrogens is 433 g/mol. The number of rotatable bonds is 5. The van der Waals surface area contributed by atoms with E-state index in [0.29, 0.717) is 6.54 Å². The fourth-order valence-corrected chi connectivity index (χ4v) is 5.67. The van der Waals surface area contributed by atoms with Gasteiger partial charge in [-0.15, -0.1) is 0 Å². The summed E-state index contributed by atoms with van der Waals surface area (Å²) in [5.74, 6) is -1.27. The van der Waals surface area contributed by atoms with Gasteiger partial charge in [0, 0.05) is 44.8 Å². The lowest BCUT2D eigenvalue weighted by atomic mass is 10.1. The molecule has 2 saturated heterocycles. The molecule has 2 aromatic rings. The minimum atomic E-state index is -3.82. The molecule has 0 N–H and O–H groups in total. The number of benzene rings is 2. The molecule has 0 radical (unpaired) electrons. The highest BCUT2D eigenvalue weighted by molar-refractivity contribution is 7.89. The van der Waals surface area contributed by atoms with Crippen LogP contribution in [0.2, 0.25) is 0 Å². The summed E-state index contributed by atoms with van der Waals surface area (Å²) in [5.41, 5.74) is 1.97. The summed E-state index contributed by atoms with van der Waals surface area (Å²) in [5, 5.41) is 0. The quantitative estimate of drug-likeness (QED) is 0.687.